The number of rotatable bonds is 7. The first-order valence-electron chi connectivity index (χ1n) is 6.84. The van der Waals surface area contributed by atoms with Crippen molar-refractivity contribution in [3.05, 3.63) is 5.89 Å². The normalized spacial score (nSPS) is 12.7. The number of aromatic nitrogens is 2. The summed E-state index contributed by atoms with van der Waals surface area (Å²) in [5.41, 5.74) is 5.29. The van der Waals surface area contributed by atoms with Crippen LogP contribution in [0.3, 0.4) is 0 Å². The van der Waals surface area contributed by atoms with Gasteiger partial charge in [-0.2, -0.15) is 0 Å². The summed E-state index contributed by atoms with van der Waals surface area (Å²) >= 11 is 0. The molecule has 0 aromatic carbocycles. The summed E-state index contributed by atoms with van der Waals surface area (Å²) in [6.45, 7) is 14.2. The van der Waals surface area contributed by atoms with Gasteiger partial charge in [-0.1, -0.05) is 5.10 Å². The quantitative estimate of drug-likeness (QED) is 0.785. The summed E-state index contributed by atoms with van der Waals surface area (Å²) in [4.78, 5) is 2.40. The Balaban J connectivity index is 2.47. The fourth-order valence-electron chi connectivity index (χ4n) is 1.96. The Morgan fingerprint density at radius 1 is 1.21 bits per heavy atom. The van der Waals surface area contributed by atoms with Crippen LogP contribution in [0.2, 0.25) is 0 Å². The minimum Gasteiger partial charge on any atom is -0.406 e. The van der Waals surface area contributed by atoms with Gasteiger partial charge in [0.15, 0.2) is 0 Å². The maximum Gasteiger partial charge on any atom is 0.315 e. The zero-order valence-electron chi connectivity index (χ0n) is 12.9. The molecule has 0 unspecified atom stereocenters. The van der Waals surface area contributed by atoms with E-state index in [9.17, 15) is 0 Å². The standard InChI is InChI=1S/C13H27N5O/c1-9(2)18(10(3)4)8-7-15-12-17-16-11(19-12)13(5,6)14/h9-10H,7-8,14H2,1-6H3,(H,15,17). The topological polar surface area (TPSA) is 80.2 Å². The van der Waals surface area contributed by atoms with Crippen molar-refractivity contribution in [2.75, 3.05) is 18.4 Å². The molecular weight excluding hydrogens is 242 g/mol. The molecular formula is C13H27N5O. The predicted molar refractivity (Wildman–Crippen MR) is 77.0 cm³/mol. The van der Waals surface area contributed by atoms with E-state index in [2.05, 4.69) is 48.1 Å². The first kappa shape index (κ1) is 15.9. The third kappa shape index (κ3) is 4.80. The minimum absolute atomic E-state index is 0.431. The molecule has 0 atom stereocenters. The summed E-state index contributed by atoms with van der Waals surface area (Å²) in [5.74, 6) is 0.444. The molecule has 19 heavy (non-hydrogen) atoms. The van der Waals surface area contributed by atoms with E-state index < -0.39 is 5.54 Å². The van der Waals surface area contributed by atoms with Crippen LogP contribution in [-0.2, 0) is 5.54 Å². The van der Waals surface area contributed by atoms with E-state index in [4.69, 9.17) is 10.2 Å². The maximum absolute atomic E-state index is 5.89. The zero-order chi connectivity index (χ0) is 14.6. The molecule has 1 aromatic rings. The third-order valence-electron chi connectivity index (χ3n) is 2.95. The number of nitrogens with two attached hydrogens (primary N) is 1. The van der Waals surface area contributed by atoms with Gasteiger partial charge in [-0.05, 0) is 41.5 Å². The van der Waals surface area contributed by atoms with Gasteiger partial charge in [0.2, 0.25) is 5.89 Å². The summed E-state index contributed by atoms with van der Waals surface area (Å²) in [6, 6.07) is 1.46. The van der Waals surface area contributed by atoms with E-state index in [-0.39, 0.29) is 0 Å². The van der Waals surface area contributed by atoms with Crippen LogP contribution in [-0.4, -0.2) is 40.3 Å². The second kappa shape index (κ2) is 6.34. The van der Waals surface area contributed by atoms with Crippen molar-refractivity contribution in [3.8, 4) is 0 Å². The second-order valence-corrected chi connectivity index (χ2v) is 5.99. The van der Waals surface area contributed by atoms with Crippen molar-refractivity contribution in [2.45, 2.75) is 59.2 Å². The van der Waals surface area contributed by atoms with Crippen molar-refractivity contribution < 1.29 is 4.42 Å². The molecule has 1 aromatic heterocycles. The molecule has 6 heteroatoms. The Bertz CT molecular complexity index is 373. The number of hydrogen-bond donors (Lipinski definition) is 2. The molecule has 0 amide bonds. The van der Waals surface area contributed by atoms with E-state index >= 15 is 0 Å². The molecule has 110 valence electrons. The fourth-order valence-corrected chi connectivity index (χ4v) is 1.96. The van der Waals surface area contributed by atoms with E-state index in [1.807, 2.05) is 13.8 Å². The largest absolute Gasteiger partial charge is 0.406 e. The van der Waals surface area contributed by atoms with Gasteiger partial charge in [0.05, 0.1) is 5.54 Å². The molecule has 0 saturated carbocycles. The van der Waals surface area contributed by atoms with Gasteiger partial charge < -0.3 is 15.5 Å². The maximum atomic E-state index is 5.89. The molecule has 6 nitrogen and oxygen atoms in total. The predicted octanol–water partition coefficient (Wildman–Crippen LogP) is 1.79. The lowest BCUT2D eigenvalue weighted by Gasteiger charge is -2.30. The van der Waals surface area contributed by atoms with Gasteiger partial charge in [0, 0.05) is 25.2 Å². The molecule has 0 aliphatic heterocycles. The minimum atomic E-state index is -0.602. The van der Waals surface area contributed by atoms with Crippen LogP contribution < -0.4 is 11.1 Å². The Kier molecular flexibility index (Phi) is 5.31. The highest BCUT2D eigenvalue weighted by molar-refractivity contribution is 5.18. The number of hydrogen-bond acceptors (Lipinski definition) is 6. The molecule has 1 heterocycles. The molecule has 0 bridgehead atoms. The third-order valence-corrected chi connectivity index (χ3v) is 2.95. The smallest absolute Gasteiger partial charge is 0.315 e. The monoisotopic (exact) mass is 269 g/mol. The fraction of sp³-hybridized carbons (Fsp3) is 0.846. The molecule has 0 saturated heterocycles. The molecule has 0 radical (unpaired) electrons. The summed E-state index contributed by atoms with van der Waals surface area (Å²) in [6.07, 6.45) is 0. The summed E-state index contributed by atoms with van der Waals surface area (Å²) < 4.78 is 5.47. The van der Waals surface area contributed by atoms with Crippen LogP contribution in [0, 0.1) is 0 Å². The van der Waals surface area contributed by atoms with Crippen LogP contribution in [0.5, 0.6) is 0 Å². The SMILES string of the molecule is CC(C)N(CCNc1nnc(C(C)(C)N)o1)C(C)C. The molecule has 3 N–H and O–H groups in total. The van der Waals surface area contributed by atoms with Crippen LogP contribution >= 0.6 is 0 Å². The Labute approximate surface area is 115 Å². The lowest BCUT2D eigenvalue weighted by Crippen LogP contribution is -2.40. The van der Waals surface area contributed by atoms with Gasteiger partial charge >= 0.3 is 6.01 Å². The molecule has 0 aliphatic rings. The van der Waals surface area contributed by atoms with Crippen molar-refractivity contribution in [2.24, 2.45) is 5.73 Å². The summed E-state index contributed by atoms with van der Waals surface area (Å²) in [7, 11) is 0. The Hall–Kier alpha value is -1.14. The number of anilines is 1. The van der Waals surface area contributed by atoms with E-state index in [0.29, 0.717) is 24.0 Å². The van der Waals surface area contributed by atoms with Gasteiger partial charge in [0.1, 0.15) is 0 Å². The van der Waals surface area contributed by atoms with Crippen molar-refractivity contribution >= 4 is 6.01 Å². The van der Waals surface area contributed by atoms with Gasteiger partial charge in [-0.25, -0.2) is 0 Å². The van der Waals surface area contributed by atoms with E-state index in [1.165, 1.54) is 0 Å². The average Bonchev–Trinajstić information content (AvgIpc) is 2.71. The second-order valence-electron chi connectivity index (χ2n) is 5.99. The first-order chi connectivity index (χ1) is 8.71. The van der Waals surface area contributed by atoms with Crippen LogP contribution in [0.4, 0.5) is 6.01 Å². The van der Waals surface area contributed by atoms with Crippen LogP contribution in [0.1, 0.15) is 47.4 Å². The highest BCUT2D eigenvalue weighted by Gasteiger charge is 2.22. The van der Waals surface area contributed by atoms with Crippen molar-refractivity contribution in [1.82, 2.24) is 15.1 Å². The van der Waals surface area contributed by atoms with E-state index in [0.717, 1.165) is 13.1 Å². The lowest BCUT2D eigenvalue weighted by atomic mass is 10.1. The molecule has 0 spiro atoms. The molecule has 1 rings (SSSR count). The first-order valence-corrected chi connectivity index (χ1v) is 6.84. The van der Waals surface area contributed by atoms with Gasteiger partial charge in [-0.3, -0.25) is 4.90 Å². The number of nitrogens with one attached hydrogen (secondary N) is 1. The zero-order valence-corrected chi connectivity index (χ0v) is 12.9. The molecule has 0 aliphatic carbocycles. The van der Waals surface area contributed by atoms with Gasteiger partial charge in [-0.15, -0.1) is 5.10 Å². The van der Waals surface area contributed by atoms with Crippen LogP contribution in [0.15, 0.2) is 4.42 Å². The average molecular weight is 269 g/mol. The van der Waals surface area contributed by atoms with Crippen LogP contribution in [0.25, 0.3) is 0 Å². The van der Waals surface area contributed by atoms with Crippen molar-refractivity contribution in [3.63, 3.8) is 0 Å². The van der Waals surface area contributed by atoms with Crippen molar-refractivity contribution in [1.29, 1.82) is 0 Å². The highest BCUT2D eigenvalue weighted by atomic mass is 16.4. The Morgan fingerprint density at radius 3 is 2.21 bits per heavy atom. The summed E-state index contributed by atoms with van der Waals surface area (Å²) in [5, 5.41) is 11.0. The lowest BCUT2D eigenvalue weighted by molar-refractivity contribution is 0.182. The van der Waals surface area contributed by atoms with E-state index in [1.54, 1.807) is 0 Å². The Morgan fingerprint density at radius 2 is 1.79 bits per heavy atom. The van der Waals surface area contributed by atoms with Gasteiger partial charge in [0.25, 0.3) is 0 Å². The highest BCUT2D eigenvalue weighted by Crippen LogP contribution is 2.16. The molecule has 0 fully saturated rings. The number of nitrogens with zero attached hydrogens (tertiary/aromatic N) is 3.